The fourth-order valence-electron chi connectivity index (χ4n) is 2.98. The van der Waals surface area contributed by atoms with Crippen LogP contribution in [-0.2, 0) is 19.3 Å². The molecule has 0 aromatic heterocycles. The number of hydrogen-bond donors (Lipinski definition) is 3. The van der Waals surface area contributed by atoms with Gasteiger partial charge in [-0.1, -0.05) is 25.1 Å². The quantitative estimate of drug-likeness (QED) is 0.783. The van der Waals surface area contributed by atoms with E-state index in [1.807, 2.05) is 30.3 Å². The second kappa shape index (κ2) is 8.18. The van der Waals surface area contributed by atoms with Crippen molar-refractivity contribution in [1.29, 1.82) is 0 Å². The minimum Gasteiger partial charge on any atom is -0.327 e. The molecule has 1 aliphatic carbocycles. The van der Waals surface area contributed by atoms with Crippen LogP contribution >= 0.6 is 12.4 Å². The number of benzene rings is 2. The van der Waals surface area contributed by atoms with E-state index in [0.29, 0.717) is 0 Å². The summed E-state index contributed by atoms with van der Waals surface area (Å²) in [5, 5.41) is 5.76. The van der Waals surface area contributed by atoms with Crippen LogP contribution in [0.5, 0.6) is 0 Å². The third kappa shape index (κ3) is 4.49. The Labute approximate surface area is 149 Å². The predicted molar refractivity (Wildman–Crippen MR) is 102 cm³/mol. The van der Waals surface area contributed by atoms with Gasteiger partial charge in [0, 0.05) is 17.4 Å². The van der Waals surface area contributed by atoms with Gasteiger partial charge < -0.3 is 16.4 Å². The van der Waals surface area contributed by atoms with Gasteiger partial charge in [-0.15, -0.1) is 12.4 Å². The van der Waals surface area contributed by atoms with Crippen molar-refractivity contribution < 1.29 is 4.79 Å². The fraction of sp³-hybridized carbons (Fsp3) is 0.316. The van der Waals surface area contributed by atoms with Gasteiger partial charge in [-0.2, -0.15) is 0 Å². The van der Waals surface area contributed by atoms with E-state index in [-0.39, 0.29) is 24.5 Å². The number of amides is 2. The number of hydrogen-bond acceptors (Lipinski definition) is 2. The van der Waals surface area contributed by atoms with Gasteiger partial charge >= 0.3 is 6.03 Å². The van der Waals surface area contributed by atoms with Gasteiger partial charge in [-0.3, -0.25) is 0 Å². The summed E-state index contributed by atoms with van der Waals surface area (Å²) in [7, 11) is 0. The minimum absolute atomic E-state index is 0. The minimum atomic E-state index is -0.221. The molecule has 24 heavy (non-hydrogen) atoms. The van der Waals surface area contributed by atoms with E-state index < -0.39 is 0 Å². The van der Waals surface area contributed by atoms with Crippen LogP contribution < -0.4 is 16.4 Å². The highest BCUT2D eigenvalue weighted by Gasteiger charge is 2.15. The zero-order valence-corrected chi connectivity index (χ0v) is 14.7. The molecule has 2 amide bonds. The molecule has 0 bridgehead atoms. The van der Waals surface area contributed by atoms with Crippen LogP contribution in [0.25, 0.3) is 0 Å². The predicted octanol–water partition coefficient (Wildman–Crippen LogP) is 4.13. The van der Waals surface area contributed by atoms with E-state index in [1.54, 1.807) is 0 Å². The summed E-state index contributed by atoms with van der Waals surface area (Å²) >= 11 is 0. The van der Waals surface area contributed by atoms with E-state index in [0.717, 1.165) is 37.1 Å². The smallest absolute Gasteiger partial charge is 0.323 e. The Bertz CT molecular complexity index is 700. The number of fused-ring (bicyclic) bond motifs is 1. The molecule has 0 saturated heterocycles. The molecule has 0 fully saturated rings. The van der Waals surface area contributed by atoms with Gasteiger partial charge in [0.25, 0.3) is 0 Å². The van der Waals surface area contributed by atoms with Gasteiger partial charge in [0.1, 0.15) is 0 Å². The molecule has 4 nitrogen and oxygen atoms in total. The lowest BCUT2D eigenvalue weighted by molar-refractivity contribution is 0.262. The lowest BCUT2D eigenvalue weighted by atomic mass is 9.88. The number of carbonyl (C=O) groups excluding carboxylic acids is 1. The molecule has 2 aromatic rings. The Morgan fingerprint density at radius 1 is 1.08 bits per heavy atom. The van der Waals surface area contributed by atoms with Crippen molar-refractivity contribution in [3.8, 4) is 0 Å². The summed E-state index contributed by atoms with van der Waals surface area (Å²) in [5.41, 5.74) is 11.4. The Hall–Kier alpha value is -2.04. The molecule has 4 N–H and O–H groups in total. The topological polar surface area (TPSA) is 67.2 Å². The molecule has 1 atom stereocenters. The molecular weight excluding hydrogens is 322 g/mol. The van der Waals surface area contributed by atoms with Crippen LogP contribution in [0.1, 0.15) is 30.0 Å². The average Bonchev–Trinajstić information content (AvgIpc) is 2.55. The third-order valence-corrected chi connectivity index (χ3v) is 4.35. The summed E-state index contributed by atoms with van der Waals surface area (Å²) < 4.78 is 0. The molecule has 0 radical (unpaired) electrons. The molecule has 0 spiro atoms. The molecule has 0 saturated carbocycles. The Kier molecular flexibility index (Phi) is 6.23. The first-order chi connectivity index (χ1) is 11.1. The van der Waals surface area contributed by atoms with Gasteiger partial charge in [-0.05, 0) is 66.6 Å². The Balaban J connectivity index is 0.00000208. The normalized spacial score (nSPS) is 15.8. The molecule has 0 unspecified atom stereocenters. The second-order valence-corrected chi connectivity index (χ2v) is 6.12. The van der Waals surface area contributed by atoms with E-state index >= 15 is 0 Å². The Morgan fingerprint density at radius 2 is 1.75 bits per heavy atom. The molecule has 2 aromatic carbocycles. The van der Waals surface area contributed by atoms with E-state index in [2.05, 4.69) is 29.7 Å². The maximum Gasteiger partial charge on any atom is 0.323 e. The van der Waals surface area contributed by atoms with Crippen LogP contribution in [0.15, 0.2) is 42.5 Å². The van der Waals surface area contributed by atoms with Gasteiger partial charge in [0.15, 0.2) is 0 Å². The van der Waals surface area contributed by atoms with Crippen LogP contribution in [-0.4, -0.2) is 12.1 Å². The molecule has 5 heteroatoms. The molecular formula is C19H24ClN3O. The highest BCUT2D eigenvalue weighted by atomic mass is 35.5. The summed E-state index contributed by atoms with van der Waals surface area (Å²) in [5.74, 6) is 0. The maximum atomic E-state index is 12.1. The van der Waals surface area contributed by atoms with Crippen molar-refractivity contribution in [2.45, 2.75) is 38.6 Å². The number of nitrogens with two attached hydrogens (primary N) is 1. The monoisotopic (exact) mass is 345 g/mol. The van der Waals surface area contributed by atoms with E-state index in [4.69, 9.17) is 5.73 Å². The highest BCUT2D eigenvalue weighted by molar-refractivity contribution is 5.99. The zero-order valence-electron chi connectivity index (χ0n) is 13.8. The van der Waals surface area contributed by atoms with E-state index in [1.165, 1.54) is 16.7 Å². The van der Waals surface area contributed by atoms with Crippen molar-refractivity contribution in [2.24, 2.45) is 5.73 Å². The lowest BCUT2D eigenvalue weighted by Crippen LogP contribution is -2.28. The summed E-state index contributed by atoms with van der Waals surface area (Å²) in [6.45, 7) is 2.11. The number of halogens is 1. The van der Waals surface area contributed by atoms with Crippen molar-refractivity contribution >= 4 is 29.8 Å². The summed E-state index contributed by atoms with van der Waals surface area (Å²) in [4.78, 5) is 12.1. The number of carbonyl (C=O) groups is 1. The van der Waals surface area contributed by atoms with Crippen molar-refractivity contribution in [2.75, 3.05) is 10.6 Å². The third-order valence-electron chi connectivity index (χ3n) is 4.35. The first kappa shape index (κ1) is 18.3. The van der Waals surface area contributed by atoms with Gasteiger partial charge in [-0.25, -0.2) is 4.79 Å². The molecule has 3 rings (SSSR count). The molecule has 1 aliphatic rings. The average molecular weight is 346 g/mol. The highest BCUT2D eigenvalue weighted by Crippen LogP contribution is 2.24. The number of rotatable bonds is 3. The summed E-state index contributed by atoms with van der Waals surface area (Å²) in [6, 6.07) is 14.0. The van der Waals surface area contributed by atoms with Crippen molar-refractivity contribution in [3.05, 3.63) is 59.2 Å². The molecule has 0 heterocycles. The van der Waals surface area contributed by atoms with Crippen molar-refractivity contribution in [1.82, 2.24) is 0 Å². The summed E-state index contributed by atoms with van der Waals surface area (Å²) in [6.07, 6.45) is 3.90. The SMILES string of the molecule is CCc1ccc(NC(=O)Nc2ccc3c(c2)CC[C@H](N)C3)cc1.Cl. The van der Waals surface area contributed by atoms with Gasteiger partial charge in [0.2, 0.25) is 0 Å². The molecule has 128 valence electrons. The number of urea groups is 1. The standard InChI is InChI=1S/C19H23N3O.ClH/c1-2-13-3-8-17(9-4-13)21-19(23)22-18-10-6-14-11-16(20)7-5-15(14)12-18;/h3-4,6,8-10,12,16H,2,5,7,11,20H2,1H3,(H2,21,22,23);1H/t16-;/m0./s1. The first-order valence-electron chi connectivity index (χ1n) is 8.18. The number of aryl methyl sites for hydroxylation is 2. The van der Waals surface area contributed by atoms with Crippen LogP contribution in [0.2, 0.25) is 0 Å². The van der Waals surface area contributed by atoms with Gasteiger partial charge in [0.05, 0.1) is 0 Å². The first-order valence-corrected chi connectivity index (χ1v) is 8.18. The largest absolute Gasteiger partial charge is 0.327 e. The number of nitrogens with one attached hydrogen (secondary N) is 2. The zero-order chi connectivity index (χ0) is 16.2. The van der Waals surface area contributed by atoms with Crippen LogP contribution in [0, 0.1) is 0 Å². The van der Waals surface area contributed by atoms with E-state index in [9.17, 15) is 4.79 Å². The fourth-order valence-corrected chi connectivity index (χ4v) is 2.98. The molecule has 0 aliphatic heterocycles. The number of anilines is 2. The van der Waals surface area contributed by atoms with Crippen LogP contribution in [0.3, 0.4) is 0 Å². The second-order valence-electron chi connectivity index (χ2n) is 6.12. The Morgan fingerprint density at radius 3 is 2.46 bits per heavy atom. The maximum absolute atomic E-state index is 12.1. The lowest BCUT2D eigenvalue weighted by Gasteiger charge is -2.22. The van der Waals surface area contributed by atoms with Crippen LogP contribution in [0.4, 0.5) is 16.2 Å². The van der Waals surface area contributed by atoms with Crippen molar-refractivity contribution in [3.63, 3.8) is 0 Å².